The number of piperidine rings is 1. The van der Waals surface area contributed by atoms with Crippen molar-refractivity contribution in [1.82, 2.24) is 0 Å². The van der Waals surface area contributed by atoms with E-state index in [0.717, 1.165) is 18.8 Å². The molecular formula is C22H24N4O3. The Balaban J connectivity index is 1.53. The van der Waals surface area contributed by atoms with Crippen LogP contribution in [0.3, 0.4) is 0 Å². The van der Waals surface area contributed by atoms with Crippen molar-refractivity contribution in [3.05, 3.63) is 54.6 Å². The molecular weight excluding hydrogens is 368 g/mol. The number of benzene rings is 2. The van der Waals surface area contributed by atoms with Gasteiger partial charge in [0.15, 0.2) is 0 Å². The molecule has 2 N–H and O–H groups in total. The molecule has 29 heavy (non-hydrogen) atoms. The second-order valence-electron chi connectivity index (χ2n) is 7.28. The van der Waals surface area contributed by atoms with Gasteiger partial charge in [0.1, 0.15) is 5.71 Å². The van der Waals surface area contributed by atoms with Crippen LogP contribution in [-0.4, -0.2) is 41.8 Å². The first-order valence-corrected chi connectivity index (χ1v) is 9.90. The number of nitrogens with one attached hydrogen (secondary N) is 1. The summed E-state index contributed by atoms with van der Waals surface area (Å²) in [5.41, 5.74) is 2.62. The van der Waals surface area contributed by atoms with Crippen molar-refractivity contribution in [2.45, 2.75) is 31.8 Å². The van der Waals surface area contributed by atoms with Crippen molar-refractivity contribution in [2.75, 3.05) is 28.3 Å². The third-order valence-electron chi connectivity index (χ3n) is 5.25. The summed E-state index contributed by atoms with van der Waals surface area (Å²) in [6, 6.07) is 16.8. The van der Waals surface area contributed by atoms with E-state index in [1.54, 1.807) is 12.1 Å². The largest absolute Gasteiger partial charge is 0.393 e. The molecule has 150 valence electrons. The summed E-state index contributed by atoms with van der Waals surface area (Å²) in [5.74, 6) is -0.428. The van der Waals surface area contributed by atoms with Crippen LogP contribution in [0.4, 0.5) is 17.1 Å². The number of aliphatic hydroxyl groups is 1. The second kappa shape index (κ2) is 8.45. The van der Waals surface area contributed by atoms with Crippen molar-refractivity contribution in [2.24, 2.45) is 5.10 Å². The molecule has 0 aliphatic carbocycles. The highest BCUT2D eigenvalue weighted by Gasteiger charge is 2.26. The minimum atomic E-state index is -0.303. The molecule has 2 aromatic carbocycles. The van der Waals surface area contributed by atoms with E-state index in [-0.39, 0.29) is 24.3 Å². The van der Waals surface area contributed by atoms with Gasteiger partial charge in [-0.05, 0) is 37.1 Å². The van der Waals surface area contributed by atoms with Crippen molar-refractivity contribution in [3.8, 4) is 0 Å². The summed E-state index contributed by atoms with van der Waals surface area (Å²) < 4.78 is 0. The van der Waals surface area contributed by atoms with Gasteiger partial charge in [-0.25, -0.2) is 5.01 Å². The first-order chi connectivity index (χ1) is 14.1. The first kappa shape index (κ1) is 19.1. The SMILES string of the molecule is O=C(Nc1ccccc1N1CCC(O)CC1)C1=NN(c2ccccc2)C(=O)CC1. The normalized spacial score (nSPS) is 17.8. The summed E-state index contributed by atoms with van der Waals surface area (Å²) >= 11 is 0. The van der Waals surface area contributed by atoms with Gasteiger partial charge in [0.05, 0.1) is 23.2 Å². The van der Waals surface area contributed by atoms with Crippen LogP contribution in [0.15, 0.2) is 59.7 Å². The minimum absolute atomic E-state index is 0.125. The van der Waals surface area contributed by atoms with Crippen LogP contribution in [0.2, 0.25) is 0 Å². The fraction of sp³-hybridized carbons (Fsp3) is 0.318. The molecule has 0 atom stereocenters. The van der Waals surface area contributed by atoms with Gasteiger partial charge in [-0.3, -0.25) is 9.59 Å². The molecule has 2 heterocycles. The average molecular weight is 392 g/mol. The number of anilines is 3. The van der Waals surface area contributed by atoms with Crippen molar-refractivity contribution >= 4 is 34.6 Å². The van der Waals surface area contributed by atoms with Crippen LogP contribution in [0.1, 0.15) is 25.7 Å². The smallest absolute Gasteiger partial charge is 0.271 e. The van der Waals surface area contributed by atoms with Crippen LogP contribution in [-0.2, 0) is 9.59 Å². The highest BCUT2D eigenvalue weighted by molar-refractivity contribution is 6.44. The maximum Gasteiger partial charge on any atom is 0.271 e. The Kier molecular flexibility index (Phi) is 5.57. The maximum atomic E-state index is 12.9. The van der Waals surface area contributed by atoms with Crippen LogP contribution in [0.25, 0.3) is 0 Å². The molecule has 2 aromatic rings. The first-order valence-electron chi connectivity index (χ1n) is 9.90. The van der Waals surface area contributed by atoms with E-state index in [9.17, 15) is 14.7 Å². The molecule has 0 saturated carbocycles. The fourth-order valence-electron chi connectivity index (χ4n) is 3.64. The van der Waals surface area contributed by atoms with Crippen LogP contribution in [0, 0.1) is 0 Å². The molecule has 0 radical (unpaired) electrons. The molecule has 0 bridgehead atoms. The van der Waals surface area contributed by atoms with Gasteiger partial charge in [-0.1, -0.05) is 30.3 Å². The third kappa shape index (κ3) is 4.30. The molecule has 2 aliphatic rings. The van der Waals surface area contributed by atoms with E-state index < -0.39 is 0 Å². The Morgan fingerprint density at radius 1 is 1.00 bits per heavy atom. The molecule has 7 nitrogen and oxygen atoms in total. The van der Waals surface area contributed by atoms with Gasteiger partial charge < -0.3 is 15.3 Å². The summed E-state index contributed by atoms with van der Waals surface area (Å²) in [7, 11) is 0. The number of carbonyl (C=O) groups excluding carboxylic acids is 2. The standard InChI is InChI=1S/C22H24N4O3/c27-17-12-14-25(15-13-17)20-9-5-4-8-18(20)23-22(29)19-10-11-21(28)26(24-19)16-6-2-1-3-7-16/h1-9,17,27H,10-15H2,(H,23,29). The second-order valence-corrected chi connectivity index (χ2v) is 7.28. The van der Waals surface area contributed by atoms with E-state index >= 15 is 0 Å². The van der Waals surface area contributed by atoms with Crippen molar-refractivity contribution < 1.29 is 14.7 Å². The van der Waals surface area contributed by atoms with Crippen molar-refractivity contribution in [1.29, 1.82) is 0 Å². The molecule has 2 amide bonds. The van der Waals surface area contributed by atoms with Gasteiger partial charge in [-0.15, -0.1) is 0 Å². The number of hydrogen-bond donors (Lipinski definition) is 2. The van der Waals surface area contributed by atoms with Gasteiger partial charge >= 0.3 is 0 Å². The quantitative estimate of drug-likeness (QED) is 0.838. The van der Waals surface area contributed by atoms with E-state index in [1.807, 2.05) is 42.5 Å². The molecule has 7 heteroatoms. The van der Waals surface area contributed by atoms with Crippen LogP contribution < -0.4 is 15.2 Å². The zero-order valence-electron chi connectivity index (χ0n) is 16.1. The zero-order valence-corrected chi connectivity index (χ0v) is 16.1. The number of carbonyl (C=O) groups is 2. The number of aliphatic hydroxyl groups excluding tert-OH is 1. The number of hydrogen-bond acceptors (Lipinski definition) is 5. The Bertz CT molecular complexity index is 921. The molecule has 1 fully saturated rings. The van der Waals surface area contributed by atoms with E-state index in [1.165, 1.54) is 5.01 Å². The highest BCUT2D eigenvalue weighted by Crippen LogP contribution is 2.29. The van der Waals surface area contributed by atoms with Crippen LogP contribution >= 0.6 is 0 Å². The van der Waals surface area contributed by atoms with Gasteiger partial charge in [0.2, 0.25) is 5.91 Å². The average Bonchev–Trinajstić information content (AvgIpc) is 2.76. The predicted octanol–water partition coefficient (Wildman–Crippen LogP) is 2.77. The Morgan fingerprint density at radius 2 is 1.69 bits per heavy atom. The maximum absolute atomic E-state index is 12.9. The zero-order chi connectivity index (χ0) is 20.2. The van der Waals surface area contributed by atoms with Gasteiger partial charge in [0.25, 0.3) is 5.91 Å². The monoisotopic (exact) mass is 392 g/mol. The molecule has 0 aromatic heterocycles. The number of amides is 2. The van der Waals surface area contributed by atoms with E-state index in [2.05, 4.69) is 15.3 Å². The lowest BCUT2D eigenvalue weighted by Crippen LogP contribution is -2.38. The Hall–Kier alpha value is -3.19. The van der Waals surface area contributed by atoms with Crippen molar-refractivity contribution in [3.63, 3.8) is 0 Å². The van der Waals surface area contributed by atoms with Gasteiger partial charge in [0, 0.05) is 25.9 Å². The minimum Gasteiger partial charge on any atom is -0.393 e. The topological polar surface area (TPSA) is 85.2 Å². The Labute approximate surface area is 169 Å². The fourth-order valence-corrected chi connectivity index (χ4v) is 3.64. The van der Waals surface area contributed by atoms with Crippen LogP contribution in [0.5, 0.6) is 0 Å². The summed E-state index contributed by atoms with van der Waals surface area (Å²) in [5, 5.41) is 18.3. The summed E-state index contributed by atoms with van der Waals surface area (Å²) in [4.78, 5) is 27.3. The number of nitrogens with zero attached hydrogens (tertiary/aromatic N) is 3. The lowest BCUT2D eigenvalue weighted by molar-refractivity contribution is -0.118. The van der Waals surface area contributed by atoms with E-state index in [0.29, 0.717) is 36.3 Å². The molecule has 2 aliphatic heterocycles. The lowest BCUT2D eigenvalue weighted by atomic mass is 10.1. The predicted molar refractivity (Wildman–Crippen MR) is 113 cm³/mol. The lowest BCUT2D eigenvalue weighted by Gasteiger charge is -2.33. The highest BCUT2D eigenvalue weighted by atomic mass is 16.3. The molecule has 4 rings (SSSR count). The summed E-state index contributed by atoms with van der Waals surface area (Å²) in [6.07, 6.45) is 1.72. The molecule has 1 saturated heterocycles. The number of hydrazone groups is 1. The molecule has 0 unspecified atom stereocenters. The Morgan fingerprint density at radius 3 is 2.45 bits per heavy atom. The summed E-state index contributed by atoms with van der Waals surface area (Å²) in [6.45, 7) is 1.48. The number of para-hydroxylation sites is 3. The van der Waals surface area contributed by atoms with E-state index in [4.69, 9.17) is 0 Å². The third-order valence-corrected chi connectivity index (χ3v) is 5.25. The number of rotatable bonds is 4. The van der Waals surface area contributed by atoms with Gasteiger partial charge in [-0.2, -0.15) is 5.10 Å². The molecule has 0 spiro atoms.